The van der Waals surface area contributed by atoms with Crippen LogP contribution in [-0.4, -0.2) is 17.7 Å². The zero-order chi connectivity index (χ0) is 17.7. The first kappa shape index (κ1) is 19.1. The second-order valence-electron chi connectivity index (χ2n) is 6.27. The number of carbonyl (C=O) groups excluding carboxylic acids is 1. The summed E-state index contributed by atoms with van der Waals surface area (Å²) in [6, 6.07) is 4.68. The highest BCUT2D eigenvalue weighted by Crippen LogP contribution is 2.29. The van der Waals surface area contributed by atoms with Crippen LogP contribution in [0.3, 0.4) is 0 Å². The average molecular weight is 329 g/mol. The van der Waals surface area contributed by atoms with E-state index >= 15 is 0 Å². The molecule has 1 aromatic carbocycles. The van der Waals surface area contributed by atoms with E-state index in [-0.39, 0.29) is 12.5 Å². The quantitative estimate of drug-likeness (QED) is 0.794. The van der Waals surface area contributed by atoms with E-state index in [2.05, 4.69) is 11.9 Å². The maximum absolute atomic E-state index is 12.7. The molecule has 0 aliphatic carbocycles. The molecule has 1 N–H and O–H groups in total. The summed E-state index contributed by atoms with van der Waals surface area (Å²) in [5, 5.41) is 2.67. The predicted octanol–water partition coefficient (Wildman–Crippen LogP) is 4.72. The molecule has 0 heterocycles. The second kappa shape index (κ2) is 7.53. The Morgan fingerprint density at radius 3 is 2.52 bits per heavy atom. The Morgan fingerprint density at radius 1 is 1.35 bits per heavy atom. The standard InChI is InChI=1S/C17H22F3NO2/c1-5-7-14(21-15(22)23-16(2,3)4)11-12-8-6-9-13(10-12)17(18,19)20/h5-6,8-10,14H,1,7,11H2,2-4H3,(H,21,22). The van der Waals surface area contributed by atoms with Crippen LogP contribution in [0.1, 0.15) is 38.3 Å². The highest BCUT2D eigenvalue weighted by molar-refractivity contribution is 5.68. The van der Waals surface area contributed by atoms with Gasteiger partial charge in [0, 0.05) is 6.04 Å². The molecule has 0 radical (unpaired) electrons. The molecule has 0 bridgehead atoms. The lowest BCUT2D eigenvalue weighted by atomic mass is 10.0. The molecule has 6 heteroatoms. The van der Waals surface area contributed by atoms with E-state index in [1.807, 2.05) is 0 Å². The first-order valence-corrected chi connectivity index (χ1v) is 7.28. The Morgan fingerprint density at radius 2 is 2.00 bits per heavy atom. The van der Waals surface area contributed by atoms with Crippen LogP contribution in [-0.2, 0) is 17.3 Å². The Kier molecular flexibility index (Phi) is 6.24. The number of halogens is 3. The summed E-state index contributed by atoms with van der Waals surface area (Å²) in [5.41, 5.74) is -0.855. The third kappa shape index (κ3) is 7.21. The number of hydrogen-bond donors (Lipinski definition) is 1. The summed E-state index contributed by atoms with van der Waals surface area (Å²) in [6.45, 7) is 8.82. The first-order chi connectivity index (χ1) is 10.5. The molecule has 0 saturated carbocycles. The normalized spacial score (nSPS) is 13.3. The Balaban J connectivity index is 2.80. The van der Waals surface area contributed by atoms with Gasteiger partial charge in [0.25, 0.3) is 0 Å². The zero-order valence-electron chi connectivity index (χ0n) is 13.5. The van der Waals surface area contributed by atoms with Gasteiger partial charge >= 0.3 is 12.3 Å². The fourth-order valence-electron chi connectivity index (χ4n) is 2.03. The molecule has 1 amide bonds. The number of hydrogen-bond acceptors (Lipinski definition) is 2. The third-order valence-electron chi connectivity index (χ3n) is 2.91. The van der Waals surface area contributed by atoms with E-state index in [4.69, 9.17) is 4.74 Å². The molecular weight excluding hydrogens is 307 g/mol. The fourth-order valence-corrected chi connectivity index (χ4v) is 2.03. The summed E-state index contributed by atoms with van der Waals surface area (Å²) in [4.78, 5) is 11.8. The summed E-state index contributed by atoms with van der Waals surface area (Å²) >= 11 is 0. The van der Waals surface area contributed by atoms with Crippen molar-refractivity contribution in [1.29, 1.82) is 0 Å². The number of benzene rings is 1. The van der Waals surface area contributed by atoms with Gasteiger partial charge in [-0.2, -0.15) is 13.2 Å². The highest BCUT2D eigenvalue weighted by atomic mass is 19.4. The van der Waals surface area contributed by atoms with Crippen LogP contribution < -0.4 is 5.32 Å². The van der Waals surface area contributed by atoms with Crippen LogP contribution in [0.15, 0.2) is 36.9 Å². The number of ether oxygens (including phenoxy) is 1. The summed E-state index contributed by atoms with van der Waals surface area (Å²) in [6.07, 6.45) is -2.70. The van der Waals surface area contributed by atoms with Crippen molar-refractivity contribution in [2.24, 2.45) is 0 Å². The van der Waals surface area contributed by atoms with Gasteiger partial charge in [0.15, 0.2) is 0 Å². The molecular formula is C17H22F3NO2. The molecule has 1 rings (SSSR count). The maximum atomic E-state index is 12.7. The van der Waals surface area contributed by atoms with E-state index in [0.29, 0.717) is 12.0 Å². The van der Waals surface area contributed by atoms with Gasteiger partial charge in [0.1, 0.15) is 5.60 Å². The minimum Gasteiger partial charge on any atom is -0.444 e. The fraction of sp³-hybridized carbons (Fsp3) is 0.471. The smallest absolute Gasteiger partial charge is 0.416 e. The molecule has 0 aliphatic heterocycles. The molecule has 0 spiro atoms. The van der Waals surface area contributed by atoms with E-state index < -0.39 is 23.4 Å². The van der Waals surface area contributed by atoms with Crippen LogP contribution in [0.2, 0.25) is 0 Å². The zero-order valence-corrected chi connectivity index (χ0v) is 13.5. The average Bonchev–Trinajstić information content (AvgIpc) is 2.35. The molecule has 128 valence electrons. The molecule has 0 aliphatic rings. The molecule has 1 atom stereocenters. The van der Waals surface area contributed by atoms with Crippen molar-refractivity contribution < 1.29 is 22.7 Å². The number of alkyl carbamates (subject to hydrolysis) is 1. The number of alkyl halides is 3. The van der Waals surface area contributed by atoms with Gasteiger partial charge in [-0.25, -0.2) is 4.79 Å². The van der Waals surface area contributed by atoms with E-state index in [9.17, 15) is 18.0 Å². The van der Waals surface area contributed by atoms with Gasteiger partial charge in [-0.3, -0.25) is 0 Å². The van der Waals surface area contributed by atoms with Gasteiger partial charge in [0.2, 0.25) is 0 Å². The minimum absolute atomic E-state index is 0.259. The molecule has 0 aromatic heterocycles. The largest absolute Gasteiger partial charge is 0.444 e. The monoisotopic (exact) mass is 329 g/mol. The number of rotatable bonds is 5. The number of carbonyl (C=O) groups is 1. The van der Waals surface area contributed by atoms with Crippen molar-refractivity contribution >= 4 is 6.09 Å². The van der Waals surface area contributed by atoms with Gasteiger partial charge < -0.3 is 10.1 Å². The molecule has 1 aromatic rings. The van der Waals surface area contributed by atoms with Crippen molar-refractivity contribution in [3.8, 4) is 0 Å². The number of amides is 1. The third-order valence-corrected chi connectivity index (χ3v) is 2.91. The molecule has 0 fully saturated rings. The van der Waals surface area contributed by atoms with Crippen LogP contribution in [0.25, 0.3) is 0 Å². The SMILES string of the molecule is C=CCC(Cc1cccc(C(F)(F)F)c1)NC(=O)OC(C)(C)C. The van der Waals surface area contributed by atoms with Crippen LogP contribution >= 0.6 is 0 Å². The highest BCUT2D eigenvalue weighted by Gasteiger charge is 2.30. The van der Waals surface area contributed by atoms with Gasteiger partial charge in [0.05, 0.1) is 5.56 Å². The van der Waals surface area contributed by atoms with Crippen molar-refractivity contribution in [3.05, 3.63) is 48.0 Å². The Hall–Kier alpha value is -1.98. The van der Waals surface area contributed by atoms with Crippen molar-refractivity contribution in [2.45, 2.75) is 51.4 Å². The Bertz CT molecular complexity index is 548. The summed E-state index contributed by atoms with van der Waals surface area (Å²) in [5.74, 6) is 0. The van der Waals surface area contributed by atoms with Crippen LogP contribution in [0, 0.1) is 0 Å². The molecule has 23 heavy (non-hydrogen) atoms. The molecule has 1 unspecified atom stereocenters. The minimum atomic E-state index is -4.39. The van der Waals surface area contributed by atoms with E-state index in [0.717, 1.165) is 12.1 Å². The van der Waals surface area contributed by atoms with E-state index in [1.54, 1.807) is 32.9 Å². The van der Waals surface area contributed by atoms with Gasteiger partial charge in [-0.15, -0.1) is 6.58 Å². The van der Waals surface area contributed by atoms with E-state index in [1.165, 1.54) is 6.07 Å². The van der Waals surface area contributed by atoms with Crippen molar-refractivity contribution in [2.75, 3.05) is 0 Å². The lowest BCUT2D eigenvalue weighted by Gasteiger charge is -2.23. The lowest BCUT2D eigenvalue weighted by Crippen LogP contribution is -2.40. The summed E-state index contributed by atoms with van der Waals surface area (Å²) in [7, 11) is 0. The Labute approximate surface area is 134 Å². The topological polar surface area (TPSA) is 38.3 Å². The van der Waals surface area contributed by atoms with Crippen molar-refractivity contribution in [1.82, 2.24) is 5.32 Å². The van der Waals surface area contributed by atoms with Gasteiger partial charge in [-0.05, 0) is 45.2 Å². The second-order valence-corrected chi connectivity index (χ2v) is 6.27. The first-order valence-electron chi connectivity index (χ1n) is 7.28. The van der Waals surface area contributed by atoms with Crippen LogP contribution in [0.5, 0.6) is 0 Å². The lowest BCUT2D eigenvalue weighted by molar-refractivity contribution is -0.137. The van der Waals surface area contributed by atoms with Crippen molar-refractivity contribution in [3.63, 3.8) is 0 Å². The predicted molar refractivity (Wildman–Crippen MR) is 83.1 cm³/mol. The van der Waals surface area contributed by atoms with Gasteiger partial charge in [-0.1, -0.05) is 24.3 Å². The number of nitrogens with one attached hydrogen (secondary N) is 1. The molecule has 3 nitrogen and oxygen atoms in total. The van der Waals surface area contributed by atoms with Crippen LogP contribution in [0.4, 0.5) is 18.0 Å². The maximum Gasteiger partial charge on any atom is 0.416 e. The summed E-state index contributed by atoms with van der Waals surface area (Å²) < 4.78 is 43.4. The molecule has 0 saturated heterocycles.